The fraction of sp³-hybridized carbons (Fsp3) is 0.312. The van der Waals surface area contributed by atoms with Gasteiger partial charge in [-0.2, -0.15) is 0 Å². The Bertz CT molecular complexity index is 2520. The maximum atomic E-state index is 12.4. The molecule has 4 N–H and O–H groups in total. The van der Waals surface area contributed by atoms with Crippen LogP contribution in [0.1, 0.15) is 67.2 Å². The van der Waals surface area contributed by atoms with Gasteiger partial charge in [0.1, 0.15) is 0 Å². The molecule has 0 spiro atoms. The molecule has 2 saturated heterocycles. The summed E-state index contributed by atoms with van der Waals surface area (Å²) < 4.78 is 1.79. The number of benzene rings is 5. The van der Waals surface area contributed by atoms with E-state index in [1.807, 2.05) is 36.4 Å². The van der Waals surface area contributed by atoms with Crippen molar-refractivity contribution in [2.75, 3.05) is 26.2 Å². The van der Waals surface area contributed by atoms with Crippen molar-refractivity contribution in [2.45, 2.75) is 69.6 Å². The van der Waals surface area contributed by atoms with Gasteiger partial charge in [0, 0.05) is 61.9 Å². The van der Waals surface area contributed by atoms with Gasteiger partial charge in [-0.1, -0.05) is 103 Å². The molecule has 11 heteroatoms. The first-order valence-corrected chi connectivity index (χ1v) is 20.8. The predicted octanol–water partition coefficient (Wildman–Crippen LogP) is 9.67. The lowest BCUT2D eigenvalue weighted by atomic mass is 9.84. The Labute approximate surface area is 343 Å². The lowest BCUT2D eigenvalue weighted by molar-refractivity contribution is 0.0946. The fourth-order valence-electron chi connectivity index (χ4n) is 9.23. The summed E-state index contributed by atoms with van der Waals surface area (Å²) in [5, 5.41) is 22.4. The van der Waals surface area contributed by atoms with Gasteiger partial charge in [0.05, 0.1) is 11.0 Å². The number of aromatic amines is 2. The Morgan fingerprint density at radius 3 is 2.00 bits per heavy atom. The summed E-state index contributed by atoms with van der Waals surface area (Å²) in [7, 11) is 0. The minimum absolute atomic E-state index is 0.0352. The molecule has 2 aliphatic rings. The number of carbonyl (C=O) groups is 2. The lowest BCUT2D eigenvalue weighted by Gasteiger charge is -2.38. The molecule has 1 unspecified atom stereocenters. The molecule has 304 valence electrons. The Morgan fingerprint density at radius 1 is 0.712 bits per heavy atom. The molecule has 9 rings (SSSR count). The molecule has 2 atom stereocenters. The molecule has 2 amide bonds. The van der Waals surface area contributed by atoms with Gasteiger partial charge in [-0.3, -0.25) is 9.47 Å². The molecule has 0 radical (unpaired) electrons. The molecule has 11 nitrogen and oxygen atoms in total. The maximum absolute atomic E-state index is 12.4. The minimum atomic E-state index is -0.888. The zero-order valence-corrected chi connectivity index (χ0v) is 33.2. The van der Waals surface area contributed by atoms with Crippen LogP contribution in [-0.4, -0.2) is 83.9 Å². The fourth-order valence-corrected chi connectivity index (χ4v) is 9.23. The van der Waals surface area contributed by atoms with Crippen LogP contribution < -0.4 is 5.69 Å². The zero-order valence-electron chi connectivity index (χ0n) is 33.2. The first-order chi connectivity index (χ1) is 28.8. The number of nitrogens with one attached hydrogen (secondary N) is 2. The van der Waals surface area contributed by atoms with Gasteiger partial charge in [0.2, 0.25) is 0 Å². The zero-order chi connectivity index (χ0) is 40.7. The Kier molecular flexibility index (Phi) is 12.1. The van der Waals surface area contributed by atoms with Crippen molar-refractivity contribution < 1.29 is 19.8 Å². The van der Waals surface area contributed by atoms with Crippen LogP contribution >= 0.6 is 0 Å². The number of fused-ring (bicyclic) bond motifs is 3. The topological polar surface area (TPSA) is 138 Å². The van der Waals surface area contributed by atoms with Crippen LogP contribution in [0.2, 0.25) is 0 Å². The molecule has 0 bridgehead atoms. The van der Waals surface area contributed by atoms with Crippen molar-refractivity contribution in [1.29, 1.82) is 0 Å². The van der Waals surface area contributed by atoms with E-state index in [0.717, 1.165) is 72.6 Å². The molecule has 7 aromatic rings. The first kappa shape index (κ1) is 39.5. The van der Waals surface area contributed by atoms with Crippen LogP contribution in [0, 0.1) is 0 Å². The highest BCUT2D eigenvalue weighted by Gasteiger charge is 2.33. The highest BCUT2D eigenvalue weighted by atomic mass is 16.4. The molecule has 2 aromatic heterocycles. The third kappa shape index (κ3) is 9.21. The standard InChI is InChI=1S/C31H35N3O2.C17H17N3O3/c35-31(36)34-19-17-26(29-21-32-30-16-8-7-15-28(29)30)20-27(34)14-9-18-33(22-24-10-3-1-4-11-24)23-25-12-5-2-6-13-25;21-16-18-14-9-11-3-1-2-4-12(11)10-15(14)20(16)13-5-7-19(8-6-13)17(22)23/h1-8,10-13,15-16,21,26-27,32H,9,14,17-20,22-23H2,(H,35,36);1-4,9-10,13H,5-8H2,(H,18,21)(H,22,23)/t26?,27-;/m0./s1. The van der Waals surface area contributed by atoms with Crippen molar-refractivity contribution in [2.24, 2.45) is 0 Å². The average molecular weight is 793 g/mol. The van der Waals surface area contributed by atoms with Crippen LogP contribution in [0.15, 0.2) is 132 Å². The highest BCUT2D eigenvalue weighted by molar-refractivity contribution is 5.95. The normalized spacial score (nSPS) is 17.4. The van der Waals surface area contributed by atoms with E-state index in [1.54, 1.807) is 9.47 Å². The highest BCUT2D eigenvalue weighted by Crippen LogP contribution is 2.37. The Morgan fingerprint density at radius 2 is 1.34 bits per heavy atom. The number of rotatable bonds is 10. The van der Waals surface area contributed by atoms with Crippen molar-refractivity contribution in [1.82, 2.24) is 29.2 Å². The van der Waals surface area contributed by atoms with Gasteiger partial charge in [-0.25, -0.2) is 14.4 Å². The van der Waals surface area contributed by atoms with E-state index < -0.39 is 12.2 Å². The van der Waals surface area contributed by atoms with Crippen molar-refractivity contribution in [3.05, 3.63) is 155 Å². The molecule has 0 aliphatic carbocycles. The van der Waals surface area contributed by atoms with E-state index in [0.29, 0.717) is 38.4 Å². The summed E-state index contributed by atoms with van der Waals surface area (Å²) in [6, 6.07) is 41.7. The van der Waals surface area contributed by atoms with Crippen LogP contribution in [0.4, 0.5) is 9.59 Å². The van der Waals surface area contributed by atoms with Gasteiger partial charge in [-0.05, 0) is 96.6 Å². The van der Waals surface area contributed by atoms with Gasteiger partial charge in [0.15, 0.2) is 0 Å². The second kappa shape index (κ2) is 18.1. The number of imidazole rings is 1. The number of H-pyrrole nitrogens is 2. The van der Waals surface area contributed by atoms with E-state index >= 15 is 0 Å². The summed E-state index contributed by atoms with van der Waals surface area (Å²) in [6.07, 6.45) is 5.37. The second-order valence-corrected chi connectivity index (χ2v) is 16.0. The average Bonchev–Trinajstić information content (AvgIpc) is 3.83. The van der Waals surface area contributed by atoms with Crippen LogP contribution in [0.25, 0.3) is 32.7 Å². The number of carboxylic acid groups (broad SMARTS) is 2. The summed E-state index contributed by atoms with van der Waals surface area (Å²) in [5.41, 5.74) is 6.69. The molecule has 0 saturated carbocycles. The third-order valence-electron chi connectivity index (χ3n) is 12.2. The molecule has 2 fully saturated rings. The lowest BCUT2D eigenvalue weighted by Crippen LogP contribution is -2.45. The smallest absolute Gasteiger partial charge is 0.407 e. The van der Waals surface area contributed by atoms with E-state index in [9.17, 15) is 19.5 Å². The van der Waals surface area contributed by atoms with E-state index in [2.05, 4.69) is 106 Å². The molecule has 2 aliphatic heterocycles. The number of amides is 2. The van der Waals surface area contributed by atoms with E-state index in [4.69, 9.17) is 5.11 Å². The van der Waals surface area contributed by atoms with Gasteiger partial charge in [0.25, 0.3) is 0 Å². The van der Waals surface area contributed by atoms with E-state index in [1.165, 1.54) is 27.0 Å². The second-order valence-electron chi connectivity index (χ2n) is 16.0. The SMILES string of the molecule is O=C(O)N1CCC(c2c[nH]c3ccccc23)C[C@@H]1CCCN(Cc1ccccc1)Cc1ccccc1.O=C(O)N1CCC(n2c(=O)[nH]c3cc4ccccc4cc32)CC1. The largest absolute Gasteiger partial charge is 0.465 e. The summed E-state index contributed by atoms with van der Waals surface area (Å²) >= 11 is 0. The minimum Gasteiger partial charge on any atom is -0.465 e. The number of aromatic nitrogens is 3. The van der Waals surface area contributed by atoms with Crippen molar-refractivity contribution >= 4 is 44.9 Å². The Hall–Kier alpha value is -6.33. The van der Waals surface area contributed by atoms with Crippen molar-refractivity contribution in [3.8, 4) is 0 Å². The molecular weight excluding hydrogens is 741 g/mol. The number of hydrogen-bond donors (Lipinski definition) is 4. The van der Waals surface area contributed by atoms with Crippen LogP contribution in [0.3, 0.4) is 0 Å². The van der Waals surface area contributed by atoms with Crippen LogP contribution in [-0.2, 0) is 13.1 Å². The number of hydrogen-bond acceptors (Lipinski definition) is 4. The van der Waals surface area contributed by atoms with Gasteiger partial charge < -0.3 is 30.0 Å². The summed E-state index contributed by atoms with van der Waals surface area (Å²) in [4.78, 5) is 47.4. The molecule has 4 heterocycles. The maximum Gasteiger partial charge on any atom is 0.407 e. The third-order valence-corrected chi connectivity index (χ3v) is 12.2. The number of nitrogens with zero attached hydrogens (tertiary/aromatic N) is 4. The first-order valence-electron chi connectivity index (χ1n) is 20.8. The van der Waals surface area contributed by atoms with Crippen LogP contribution in [0.5, 0.6) is 0 Å². The summed E-state index contributed by atoms with van der Waals surface area (Å²) in [5.74, 6) is 0.381. The van der Waals surface area contributed by atoms with Gasteiger partial charge >= 0.3 is 17.9 Å². The number of para-hydroxylation sites is 1. The summed E-state index contributed by atoms with van der Waals surface area (Å²) in [6.45, 7) is 4.24. The monoisotopic (exact) mass is 792 g/mol. The molecule has 59 heavy (non-hydrogen) atoms. The van der Waals surface area contributed by atoms with Crippen molar-refractivity contribution in [3.63, 3.8) is 0 Å². The molecular formula is C48H52N6O5. The van der Waals surface area contributed by atoms with Gasteiger partial charge in [-0.15, -0.1) is 0 Å². The molecule has 5 aromatic carbocycles. The quantitative estimate of drug-likeness (QED) is 0.109. The predicted molar refractivity (Wildman–Crippen MR) is 233 cm³/mol. The number of likely N-dealkylation sites (tertiary alicyclic amines) is 2. The number of piperidine rings is 2. The van der Waals surface area contributed by atoms with E-state index in [-0.39, 0.29) is 17.8 Å². The Balaban J connectivity index is 0.000000180.